The maximum absolute atomic E-state index is 12.4. The number of carbonyl (C=O) groups is 1. The standard InChI is InChI=1S/C13H20N2O5S/c1-14(2)13(7-4-8-13)9-15(3)21(18,19)11-6-5-10(20-11)12(16)17/h5-6H,4,7-9H2,1-3H3,(H,16,17). The number of likely N-dealkylation sites (N-methyl/N-ethyl adjacent to an activating group) is 2. The third-order valence-electron chi connectivity index (χ3n) is 4.21. The first-order valence-corrected chi connectivity index (χ1v) is 8.10. The number of furan rings is 1. The lowest BCUT2D eigenvalue weighted by molar-refractivity contribution is 0.0452. The van der Waals surface area contributed by atoms with Gasteiger partial charge in [0.2, 0.25) is 10.9 Å². The van der Waals surface area contributed by atoms with Crippen molar-refractivity contribution in [3.8, 4) is 0 Å². The molecule has 1 aromatic heterocycles. The Labute approximate surface area is 124 Å². The quantitative estimate of drug-likeness (QED) is 0.844. The van der Waals surface area contributed by atoms with Crippen LogP contribution in [-0.4, -0.2) is 61.9 Å². The molecule has 0 saturated heterocycles. The summed E-state index contributed by atoms with van der Waals surface area (Å²) in [5, 5.41) is 8.46. The zero-order valence-electron chi connectivity index (χ0n) is 12.4. The smallest absolute Gasteiger partial charge is 0.371 e. The molecule has 0 aliphatic heterocycles. The summed E-state index contributed by atoms with van der Waals surface area (Å²) in [6.07, 6.45) is 2.97. The molecule has 1 aliphatic rings. The van der Waals surface area contributed by atoms with Gasteiger partial charge in [-0.2, -0.15) is 4.31 Å². The first kappa shape index (κ1) is 16.0. The van der Waals surface area contributed by atoms with Gasteiger partial charge in [0, 0.05) is 19.1 Å². The van der Waals surface area contributed by atoms with Gasteiger partial charge in [-0.15, -0.1) is 0 Å². The van der Waals surface area contributed by atoms with E-state index in [0.717, 1.165) is 25.3 Å². The molecule has 2 rings (SSSR count). The van der Waals surface area contributed by atoms with Crippen LogP contribution < -0.4 is 0 Å². The van der Waals surface area contributed by atoms with Crippen LogP contribution in [0, 0.1) is 0 Å². The van der Waals surface area contributed by atoms with Gasteiger partial charge in [-0.05, 0) is 45.5 Å². The van der Waals surface area contributed by atoms with Crippen molar-refractivity contribution in [2.24, 2.45) is 0 Å². The molecule has 1 fully saturated rings. The highest BCUT2D eigenvalue weighted by molar-refractivity contribution is 7.89. The molecule has 1 N–H and O–H groups in total. The Morgan fingerprint density at radius 2 is 1.95 bits per heavy atom. The van der Waals surface area contributed by atoms with Crippen LogP contribution in [0.5, 0.6) is 0 Å². The van der Waals surface area contributed by atoms with Gasteiger partial charge in [0.25, 0.3) is 10.0 Å². The summed E-state index contributed by atoms with van der Waals surface area (Å²) in [6, 6.07) is 2.33. The Morgan fingerprint density at radius 3 is 2.33 bits per heavy atom. The van der Waals surface area contributed by atoms with E-state index < -0.39 is 16.0 Å². The summed E-state index contributed by atoms with van der Waals surface area (Å²) in [4.78, 5) is 12.8. The van der Waals surface area contributed by atoms with Crippen molar-refractivity contribution >= 4 is 16.0 Å². The van der Waals surface area contributed by atoms with Crippen LogP contribution in [0.3, 0.4) is 0 Å². The van der Waals surface area contributed by atoms with Gasteiger partial charge < -0.3 is 14.4 Å². The monoisotopic (exact) mass is 316 g/mol. The summed E-state index contributed by atoms with van der Waals surface area (Å²) < 4.78 is 31.0. The highest BCUT2D eigenvalue weighted by atomic mass is 32.2. The Bertz CT molecular complexity index is 631. The van der Waals surface area contributed by atoms with E-state index in [2.05, 4.69) is 0 Å². The van der Waals surface area contributed by atoms with E-state index in [-0.39, 0.29) is 16.4 Å². The van der Waals surface area contributed by atoms with Crippen molar-refractivity contribution in [2.45, 2.75) is 29.9 Å². The summed E-state index contributed by atoms with van der Waals surface area (Å²) in [5.74, 6) is -1.67. The van der Waals surface area contributed by atoms with Gasteiger partial charge in [0.15, 0.2) is 0 Å². The fraction of sp³-hybridized carbons (Fsp3) is 0.615. The molecule has 1 aromatic rings. The normalized spacial score (nSPS) is 18.0. The average molecular weight is 316 g/mol. The van der Waals surface area contributed by atoms with Crippen molar-refractivity contribution < 1.29 is 22.7 Å². The van der Waals surface area contributed by atoms with Crippen molar-refractivity contribution in [2.75, 3.05) is 27.7 Å². The minimum absolute atomic E-state index is 0.149. The lowest BCUT2D eigenvalue weighted by atomic mass is 9.75. The van der Waals surface area contributed by atoms with Gasteiger partial charge in [-0.25, -0.2) is 13.2 Å². The maximum atomic E-state index is 12.4. The van der Waals surface area contributed by atoms with Crippen LogP contribution in [0.2, 0.25) is 0 Å². The number of aromatic carboxylic acids is 1. The first-order valence-electron chi connectivity index (χ1n) is 6.66. The molecule has 7 nitrogen and oxygen atoms in total. The topological polar surface area (TPSA) is 91.1 Å². The lowest BCUT2D eigenvalue weighted by Crippen LogP contribution is -2.57. The van der Waals surface area contributed by atoms with E-state index in [1.54, 1.807) is 0 Å². The molecular weight excluding hydrogens is 296 g/mol. The molecule has 0 atom stereocenters. The van der Waals surface area contributed by atoms with E-state index in [0.29, 0.717) is 6.54 Å². The highest BCUT2D eigenvalue weighted by Gasteiger charge is 2.42. The van der Waals surface area contributed by atoms with E-state index >= 15 is 0 Å². The van der Waals surface area contributed by atoms with Crippen LogP contribution in [-0.2, 0) is 10.0 Å². The molecule has 0 radical (unpaired) electrons. The van der Waals surface area contributed by atoms with Gasteiger partial charge in [0.1, 0.15) is 0 Å². The predicted octanol–water partition coefficient (Wildman–Crippen LogP) is 1.08. The Hall–Kier alpha value is -1.38. The predicted molar refractivity (Wildman–Crippen MR) is 75.8 cm³/mol. The average Bonchev–Trinajstić information content (AvgIpc) is 2.82. The largest absolute Gasteiger partial charge is 0.475 e. The third-order valence-corrected chi connectivity index (χ3v) is 5.88. The zero-order chi connectivity index (χ0) is 15.8. The number of nitrogens with zero attached hydrogens (tertiary/aromatic N) is 2. The van der Waals surface area contributed by atoms with Gasteiger partial charge in [0.05, 0.1) is 0 Å². The molecule has 118 valence electrons. The van der Waals surface area contributed by atoms with Crippen molar-refractivity contribution in [1.29, 1.82) is 0 Å². The van der Waals surface area contributed by atoms with Crippen LogP contribution in [0.25, 0.3) is 0 Å². The molecule has 1 aliphatic carbocycles. The lowest BCUT2D eigenvalue weighted by Gasteiger charge is -2.48. The van der Waals surface area contributed by atoms with E-state index in [9.17, 15) is 13.2 Å². The number of rotatable bonds is 6. The first-order chi connectivity index (χ1) is 9.69. The second-order valence-corrected chi connectivity index (χ2v) is 7.63. The number of carboxylic acids is 1. The molecule has 0 bridgehead atoms. The second-order valence-electron chi connectivity index (χ2n) is 5.66. The summed E-state index contributed by atoms with van der Waals surface area (Å²) in [7, 11) is 1.55. The second kappa shape index (κ2) is 5.43. The molecule has 0 unspecified atom stereocenters. The molecule has 1 heterocycles. The molecule has 0 aromatic carbocycles. The van der Waals surface area contributed by atoms with Crippen LogP contribution in [0.4, 0.5) is 0 Å². The number of hydrogen-bond acceptors (Lipinski definition) is 5. The van der Waals surface area contributed by atoms with Crippen molar-refractivity contribution in [1.82, 2.24) is 9.21 Å². The zero-order valence-corrected chi connectivity index (χ0v) is 13.2. The van der Waals surface area contributed by atoms with Crippen LogP contribution in [0.15, 0.2) is 21.6 Å². The molecule has 0 spiro atoms. The third kappa shape index (κ3) is 2.83. The minimum Gasteiger partial charge on any atom is -0.475 e. The van der Waals surface area contributed by atoms with Crippen molar-refractivity contribution in [3.05, 3.63) is 17.9 Å². The highest BCUT2D eigenvalue weighted by Crippen LogP contribution is 2.37. The van der Waals surface area contributed by atoms with E-state index in [1.807, 2.05) is 19.0 Å². The summed E-state index contributed by atoms with van der Waals surface area (Å²) >= 11 is 0. The Balaban J connectivity index is 2.20. The number of hydrogen-bond donors (Lipinski definition) is 1. The fourth-order valence-electron chi connectivity index (χ4n) is 2.56. The molecule has 21 heavy (non-hydrogen) atoms. The van der Waals surface area contributed by atoms with Gasteiger partial charge in [-0.3, -0.25) is 0 Å². The Kier molecular flexibility index (Phi) is 4.14. The summed E-state index contributed by atoms with van der Waals surface area (Å²) in [5.41, 5.74) is -0.149. The van der Waals surface area contributed by atoms with Gasteiger partial charge in [-0.1, -0.05) is 0 Å². The molecule has 8 heteroatoms. The van der Waals surface area contributed by atoms with Crippen LogP contribution >= 0.6 is 0 Å². The van der Waals surface area contributed by atoms with E-state index in [1.165, 1.54) is 17.4 Å². The fourth-order valence-corrected chi connectivity index (χ4v) is 3.71. The minimum atomic E-state index is -3.82. The van der Waals surface area contributed by atoms with Crippen LogP contribution in [0.1, 0.15) is 29.8 Å². The SMILES string of the molecule is CN(C)C1(CN(C)S(=O)(=O)c2ccc(C(=O)O)o2)CCC1. The van der Waals surface area contributed by atoms with E-state index in [4.69, 9.17) is 9.52 Å². The molecule has 1 saturated carbocycles. The summed E-state index contributed by atoms with van der Waals surface area (Å²) in [6.45, 7) is 0.353. The number of carboxylic acid groups (broad SMARTS) is 1. The van der Waals surface area contributed by atoms with Gasteiger partial charge >= 0.3 is 5.97 Å². The molecular formula is C13H20N2O5S. The van der Waals surface area contributed by atoms with Crippen molar-refractivity contribution in [3.63, 3.8) is 0 Å². The number of sulfonamides is 1. The maximum Gasteiger partial charge on any atom is 0.371 e. The molecule has 0 amide bonds. The Morgan fingerprint density at radius 1 is 1.33 bits per heavy atom.